The molecule has 0 atom stereocenters. The molecule has 0 rings (SSSR count). The smallest absolute Gasteiger partial charge is 0.318 e. The Hall–Kier alpha value is -2.18. The molecule has 7 nitrogen and oxygen atoms in total. The van der Waals surface area contributed by atoms with E-state index in [0.717, 1.165) is 0 Å². The van der Waals surface area contributed by atoms with Gasteiger partial charge in [0.2, 0.25) is 0 Å². The van der Waals surface area contributed by atoms with E-state index >= 15 is 0 Å². The molecule has 0 heterocycles. The first kappa shape index (κ1) is 10.8. The molecule has 7 heteroatoms. The number of hydrogen-bond donors (Lipinski definition) is 4. The molecule has 0 radical (unpaired) electrons. The standard InChI is InChI=1S/C6H7NO6/c8-3-4(7(12)13)1-2-5(9)6(10)11/h1-3,8-11H/b2-1-,4-3+. The van der Waals surface area contributed by atoms with Crippen molar-refractivity contribution in [3.8, 4) is 0 Å². The molecule has 4 N–H and O–H groups in total. The first-order chi connectivity index (χ1) is 5.99. The van der Waals surface area contributed by atoms with Gasteiger partial charge in [0.1, 0.15) is 0 Å². The average molecular weight is 189 g/mol. The van der Waals surface area contributed by atoms with Crippen molar-refractivity contribution in [3.05, 3.63) is 45.9 Å². The summed E-state index contributed by atoms with van der Waals surface area (Å²) in [5.74, 6) is -2.31. The predicted molar refractivity (Wildman–Crippen MR) is 41.8 cm³/mol. The molecule has 13 heavy (non-hydrogen) atoms. The van der Waals surface area contributed by atoms with Crippen LogP contribution in [-0.4, -0.2) is 25.3 Å². The first-order valence-corrected chi connectivity index (χ1v) is 2.97. The Morgan fingerprint density at radius 2 is 1.77 bits per heavy atom. The highest BCUT2D eigenvalue weighted by molar-refractivity contribution is 5.18. The van der Waals surface area contributed by atoms with Crippen LogP contribution in [0.2, 0.25) is 0 Å². The van der Waals surface area contributed by atoms with Gasteiger partial charge in [-0.3, -0.25) is 10.1 Å². The number of aliphatic hydroxyl groups is 4. The fourth-order valence-electron chi connectivity index (χ4n) is 0.390. The van der Waals surface area contributed by atoms with Crippen LogP contribution < -0.4 is 0 Å². The lowest BCUT2D eigenvalue weighted by Gasteiger charge is -1.90. The van der Waals surface area contributed by atoms with Crippen molar-refractivity contribution >= 4 is 0 Å². The van der Waals surface area contributed by atoms with Gasteiger partial charge in [-0.25, -0.2) is 0 Å². The molecule has 0 saturated heterocycles. The van der Waals surface area contributed by atoms with Crippen LogP contribution in [0.3, 0.4) is 0 Å². The lowest BCUT2D eigenvalue weighted by atomic mass is 10.4. The minimum Gasteiger partial charge on any atom is -0.509 e. The van der Waals surface area contributed by atoms with Crippen molar-refractivity contribution in [2.24, 2.45) is 0 Å². The Balaban J connectivity index is 4.62. The second-order valence-corrected chi connectivity index (χ2v) is 1.85. The molecular weight excluding hydrogens is 182 g/mol. The zero-order chi connectivity index (χ0) is 10.4. The fraction of sp³-hybridized carbons (Fsp3) is 0. The number of nitro groups is 1. The zero-order valence-corrected chi connectivity index (χ0v) is 6.28. The van der Waals surface area contributed by atoms with Gasteiger partial charge in [0, 0.05) is 6.08 Å². The van der Waals surface area contributed by atoms with Crippen LogP contribution in [0.25, 0.3) is 0 Å². The van der Waals surface area contributed by atoms with E-state index in [0.29, 0.717) is 12.2 Å². The summed E-state index contributed by atoms with van der Waals surface area (Å²) < 4.78 is 0. The Morgan fingerprint density at radius 1 is 1.23 bits per heavy atom. The second kappa shape index (κ2) is 4.65. The third-order valence-corrected chi connectivity index (χ3v) is 0.984. The minimum atomic E-state index is -1.36. The quantitative estimate of drug-likeness (QED) is 0.228. The average Bonchev–Trinajstić information content (AvgIpc) is 2.04. The molecule has 0 aliphatic heterocycles. The van der Waals surface area contributed by atoms with E-state index in [9.17, 15) is 10.1 Å². The van der Waals surface area contributed by atoms with Gasteiger partial charge < -0.3 is 20.4 Å². The largest absolute Gasteiger partial charge is 0.509 e. The number of aliphatic hydroxyl groups excluding tert-OH is 3. The van der Waals surface area contributed by atoms with Crippen molar-refractivity contribution < 1.29 is 25.3 Å². The summed E-state index contributed by atoms with van der Waals surface area (Å²) in [4.78, 5) is 9.10. The molecule has 0 aromatic heterocycles. The van der Waals surface area contributed by atoms with Crippen molar-refractivity contribution in [1.82, 2.24) is 0 Å². The lowest BCUT2D eigenvalue weighted by Crippen LogP contribution is -1.95. The van der Waals surface area contributed by atoms with E-state index in [4.69, 9.17) is 20.4 Å². The molecule has 0 aromatic rings. The molecular formula is C6H7NO6. The van der Waals surface area contributed by atoms with Crippen LogP contribution in [0.15, 0.2) is 35.8 Å². The lowest BCUT2D eigenvalue weighted by molar-refractivity contribution is -0.420. The van der Waals surface area contributed by atoms with Gasteiger partial charge in [0.15, 0.2) is 12.0 Å². The highest BCUT2D eigenvalue weighted by atomic mass is 16.6. The van der Waals surface area contributed by atoms with Crippen LogP contribution in [0.1, 0.15) is 0 Å². The maximum Gasteiger partial charge on any atom is 0.318 e. The maximum absolute atomic E-state index is 10.0. The van der Waals surface area contributed by atoms with Crippen LogP contribution in [0.4, 0.5) is 0 Å². The van der Waals surface area contributed by atoms with Crippen LogP contribution in [0.5, 0.6) is 0 Å². The van der Waals surface area contributed by atoms with Crippen molar-refractivity contribution in [2.45, 2.75) is 0 Å². The second-order valence-electron chi connectivity index (χ2n) is 1.85. The Morgan fingerprint density at radius 3 is 2.08 bits per heavy atom. The highest BCUT2D eigenvalue weighted by Crippen LogP contribution is 2.01. The molecule has 0 spiro atoms. The summed E-state index contributed by atoms with van der Waals surface area (Å²) in [6, 6.07) is 0. The van der Waals surface area contributed by atoms with Crippen LogP contribution in [0, 0.1) is 10.1 Å². The van der Waals surface area contributed by atoms with Crippen molar-refractivity contribution in [3.63, 3.8) is 0 Å². The molecule has 0 aromatic carbocycles. The van der Waals surface area contributed by atoms with Gasteiger partial charge in [0.25, 0.3) is 0 Å². The summed E-state index contributed by atoms with van der Waals surface area (Å²) in [5.41, 5.74) is -0.701. The van der Waals surface area contributed by atoms with E-state index < -0.39 is 22.3 Å². The molecule has 0 unspecified atom stereocenters. The van der Waals surface area contributed by atoms with Gasteiger partial charge in [-0.2, -0.15) is 0 Å². The minimum absolute atomic E-state index is 0.207. The Labute approximate surface area is 72.3 Å². The fourth-order valence-corrected chi connectivity index (χ4v) is 0.390. The number of nitrogens with zero attached hydrogens (tertiary/aromatic N) is 1. The number of hydrogen-bond acceptors (Lipinski definition) is 6. The summed E-state index contributed by atoms with van der Waals surface area (Å²) >= 11 is 0. The normalized spacial score (nSPS) is 11.5. The van der Waals surface area contributed by atoms with E-state index in [1.165, 1.54) is 0 Å². The van der Waals surface area contributed by atoms with E-state index in [1.54, 1.807) is 0 Å². The summed E-state index contributed by atoms with van der Waals surface area (Å²) in [7, 11) is 0. The summed E-state index contributed by atoms with van der Waals surface area (Å²) in [5, 5.41) is 43.4. The molecule has 0 saturated carbocycles. The Bertz CT molecular complexity index is 285. The summed E-state index contributed by atoms with van der Waals surface area (Å²) in [6.07, 6.45) is 1.56. The van der Waals surface area contributed by atoms with Crippen molar-refractivity contribution in [1.29, 1.82) is 0 Å². The zero-order valence-electron chi connectivity index (χ0n) is 6.28. The Kier molecular flexibility index (Phi) is 3.87. The van der Waals surface area contributed by atoms with Gasteiger partial charge in [-0.05, 0) is 6.08 Å². The highest BCUT2D eigenvalue weighted by Gasteiger charge is 2.05. The number of rotatable bonds is 3. The van der Waals surface area contributed by atoms with E-state index in [1.807, 2.05) is 0 Å². The molecule has 0 aliphatic carbocycles. The van der Waals surface area contributed by atoms with Gasteiger partial charge >= 0.3 is 11.6 Å². The van der Waals surface area contributed by atoms with Crippen LogP contribution in [-0.2, 0) is 0 Å². The first-order valence-electron chi connectivity index (χ1n) is 2.97. The van der Waals surface area contributed by atoms with Crippen molar-refractivity contribution in [2.75, 3.05) is 0 Å². The van der Waals surface area contributed by atoms with Gasteiger partial charge in [-0.15, -0.1) is 0 Å². The maximum atomic E-state index is 10.0. The molecule has 72 valence electrons. The van der Waals surface area contributed by atoms with Crippen LogP contribution >= 0.6 is 0 Å². The SMILES string of the molecule is O=[N+]([O-])C(/C=C\C(O)=C(O)O)=C/O. The molecule has 0 bridgehead atoms. The van der Waals surface area contributed by atoms with E-state index in [-0.39, 0.29) is 6.26 Å². The van der Waals surface area contributed by atoms with Gasteiger partial charge in [0.05, 0.1) is 4.92 Å². The van der Waals surface area contributed by atoms with E-state index in [2.05, 4.69) is 0 Å². The summed E-state index contributed by atoms with van der Waals surface area (Å²) in [6.45, 7) is 0. The molecule has 0 fully saturated rings. The third-order valence-electron chi connectivity index (χ3n) is 0.984. The predicted octanol–water partition coefficient (Wildman–Crippen LogP) is 1.06. The monoisotopic (exact) mass is 189 g/mol. The topological polar surface area (TPSA) is 124 Å². The number of allylic oxidation sites excluding steroid dienone is 2. The molecule has 0 amide bonds. The third kappa shape index (κ3) is 3.65. The van der Waals surface area contributed by atoms with Gasteiger partial charge in [-0.1, -0.05) is 0 Å². The molecule has 0 aliphatic rings.